The predicted molar refractivity (Wildman–Crippen MR) is 109 cm³/mol. The number of nitrogens with zero attached hydrogens (tertiary/aromatic N) is 1. The molecule has 5 nitrogen and oxygen atoms in total. The Balaban J connectivity index is 1.85. The van der Waals surface area contributed by atoms with Gasteiger partial charge in [0.2, 0.25) is 0 Å². The number of nitrogens with one attached hydrogen (secondary N) is 1. The fraction of sp³-hybridized carbons (Fsp3) is 0.273. The van der Waals surface area contributed by atoms with Gasteiger partial charge in [-0.05, 0) is 48.3 Å². The minimum atomic E-state index is -0.312. The molecule has 1 N–H and O–H groups in total. The third kappa shape index (κ3) is 6.29. The lowest BCUT2D eigenvalue weighted by Gasteiger charge is -2.14. The molecule has 0 bridgehead atoms. The van der Waals surface area contributed by atoms with Crippen LogP contribution >= 0.6 is 0 Å². The average molecular weight is 366 g/mol. The van der Waals surface area contributed by atoms with Crippen LogP contribution in [0.4, 0.5) is 0 Å². The van der Waals surface area contributed by atoms with Crippen LogP contribution in [0.3, 0.4) is 0 Å². The maximum absolute atomic E-state index is 11.9. The van der Waals surface area contributed by atoms with Crippen molar-refractivity contribution in [1.82, 2.24) is 5.43 Å². The minimum absolute atomic E-state index is 0.0866. The number of aryl methyl sites for hydroxylation is 1. The maximum atomic E-state index is 11.9. The molecule has 0 radical (unpaired) electrons. The van der Waals surface area contributed by atoms with Crippen molar-refractivity contribution in [2.75, 3.05) is 13.7 Å². The van der Waals surface area contributed by atoms with E-state index >= 15 is 0 Å². The van der Waals surface area contributed by atoms with Crippen LogP contribution in [0.15, 0.2) is 53.6 Å². The molecule has 0 aliphatic heterocycles. The number of para-hydroxylation sites is 1. The average Bonchev–Trinajstić information content (AvgIpc) is 2.66. The first-order valence-corrected chi connectivity index (χ1v) is 8.86. The predicted octanol–water partition coefficient (Wildman–Crippen LogP) is 4.32. The van der Waals surface area contributed by atoms with E-state index in [1.54, 1.807) is 13.2 Å². The highest BCUT2D eigenvalue weighted by Gasteiger charge is 2.09. The summed E-state index contributed by atoms with van der Waals surface area (Å²) in [7, 11) is 1.62. The Hall–Kier alpha value is -3.08. The van der Waals surface area contributed by atoms with Crippen molar-refractivity contribution in [1.29, 1.82) is 0 Å². The van der Waals surface area contributed by atoms with E-state index in [2.05, 4.69) is 24.4 Å². The monoisotopic (exact) mass is 366 g/mol. The summed E-state index contributed by atoms with van der Waals surface area (Å²) in [6, 6.07) is 13.7. The van der Waals surface area contributed by atoms with E-state index in [0.29, 0.717) is 5.92 Å². The molecule has 0 aromatic heterocycles. The molecule has 0 aliphatic rings. The second kappa shape index (κ2) is 10.2. The summed E-state index contributed by atoms with van der Waals surface area (Å²) in [5, 5.41) is 3.90. The minimum Gasteiger partial charge on any atom is -0.496 e. The molecule has 0 unspecified atom stereocenters. The van der Waals surface area contributed by atoms with Crippen LogP contribution < -0.4 is 14.9 Å². The van der Waals surface area contributed by atoms with Crippen molar-refractivity contribution in [3.05, 3.63) is 65.2 Å². The van der Waals surface area contributed by atoms with E-state index in [1.165, 1.54) is 6.21 Å². The highest BCUT2D eigenvalue weighted by Crippen LogP contribution is 2.27. The quantitative estimate of drug-likeness (QED) is 0.559. The SMILES string of the molecule is COc1ccccc1/C=C/C=N/NC(=O)COc1cc(C)ccc1C(C)C. The van der Waals surface area contributed by atoms with Crippen molar-refractivity contribution >= 4 is 18.2 Å². The highest BCUT2D eigenvalue weighted by atomic mass is 16.5. The lowest BCUT2D eigenvalue weighted by atomic mass is 10.0. The van der Waals surface area contributed by atoms with Gasteiger partial charge in [-0.25, -0.2) is 5.43 Å². The summed E-state index contributed by atoms with van der Waals surface area (Å²) in [4.78, 5) is 11.9. The number of hydrogen-bond acceptors (Lipinski definition) is 4. The number of carbonyl (C=O) groups excluding carboxylic acids is 1. The van der Waals surface area contributed by atoms with Crippen LogP contribution in [0.2, 0.25) is 0 Å². The summed E-state index contributed by atoms with van der Waals surface area (Å²) in [6.45, 7) is 6.10. The Kier molecular flexibility index (Phi) is 7.62. The van der Waals surface area contributed by atoms with Gasteiger partial charge in [0.05, 0.1) is 7.11 Å². The van der Waals surface area contributed by atoms with Crippen molar-refractivity contribution < 1.29 is 14.3 Å². The fourth-order valence-corrected chi connectivity index (χ4v) is 2.52. The van der Waals surface area contributed by atoms with Gasteiger partial charge < -0.3 is 9.47 Å². The van der Waals surface area contributed by atoms with Gasteiger partial charge >= 0.3 is 0 Å². The van der Waals surface area contributed by atoms with E-state index in [4.69, 9.17) is 9.47 Å². The fourth-order valence-electron chi connectivity index (χ4n) is 2.52. The van der Waals surface area contributed by atoms with Gasteiger partial charge in [-0.1, -0.05) is 44.2 Å². The second-order valence-corrected chi connectivity index (χ2v) is 6.40. The van der Waals surface area contributed by atoms with Gasteiger partial charge in [-0.2, -0.15) is 5.10 Å². The molecule has 0 saturated heterocycles. The van der Waals surface area contributed by atoms with Gasteiger partial charge in [0, 0.05) is 11.8 Å². The Bertz CT molecular complexity index is 826. The van der Waals surface area contributed by atoms with Crippen molar-refractivity contribution in [3.8, 4) is 11.5 Å². The molecule has 0 atom stereocenters. The summed E-state index contributed by atoms with van der Waals surface area (Å²) in [6.07, 6.45) is 5.10. The third-order valence-corrected chi connectivity index (χ3v) is 3.91. The number of hydrogen-bond donors (Lipinski definition) is 1. The zero-order valence-electron chi connectivity index (χ0n) is 16.2. The van der Waals surface area contributed by atoms with E-state index in [1.807, 2.05) is 55.5 Å². The van der Waals surface area contributed by atoms with Crippen LogP contribution in [0.1, 0.15) is 36.5 Å². The summed E-state index contributed by atoms with van der Waals surface area (Å²) in [5.41, 5.74) is 5.56. The Morgan fingerprint density at radius 1 is 1.19 bits per heavy atom. The molecule has 27 heavy (non-hydrogen) atoms. The lowest BCUT2D eigenvalue weighted by Crippen LogP contribution is -2.24. The summed E-state index contributed by atoms with van der Waals surface area (Å²) >= 11 is 0. The smallest absolute Gasteiger partial charge is 0.277 e. The summed E-state index contributed by atoms with van der Waals surface area (Å²) < 4.78 is 10.9. The summed E-state index contributed by atoms with van der Waals surface area (Å²) in [5.74, 6) is 1.52. The molecular formula is C22H26N2O3. The van der Waals surface area contributed by atoms with Gasteiger partial charge in [0.25, 0.3) is 5.91 Å². The maximum Gasteiger partial charge on any atom is 0.277 e. The van der Waals surface area contributed by atoms with Gasteiger partial charge in [0.1, 0.15) is 11.5 Å². The molecule has 1 amide bonds. The highest BCUT2D eigenvalue weighted by molar-refractivity contribution is 5.82. The first kappa shape index (κ1) is 20.2. The van der Waals surface area contributed by atoms with E-state index in [9.17, 15) is 4.79 Å². The molecular weight excluding hydrogens is 340 g/mol. The van der Waals surface area contributed by atoms with Gasteiger partial charge in [-0.3, -0.25) is 4.79 Å². The number of methoxy groups -OCH3 is 1. The van der Waals surface area contributed by atoms with Crippen molar-refractivity contribution in [3.63, 3.8) is 0 Å². The van der Waals surface area contributed by atoms with Crippen LogP contribution in [0, 0.1) is 6.92 Å². The lowest BCUT2D eigenvalue weighted by molar-refractivity contribution is -0.123. The van der Waals surface area contributed by atoms with Crippen LogP contribution in [-0.2, 0) is 4.79 Å². The van der Waals surface area contributed by atoms with E-state index in [-0.39, 0.29) is 12.5 Å². The van der Waals surface area contributed by atoms with Crippen molar-refractivity contribution in [2.45, 2.75) is 26.7 Å². The molecule has 0 saturated carbocycles. The van der Waals surface area contributed by atoms with E-state index in [0.717, 1.165) is 28.2 Å². The number of carbonyl (C=O) groups is 1. The molecule has 0 heterocycles. The molecule has 2 aromatic rings. The van der Waals surface area contributed by atoms with Gasteiger partial charge in [0.15, 0.2) is 6.61 Å². The van der Waals surface area contributed by atoms with Crippen LogP contribution in [0.25, 0.3) is 6.08 Å². The van der Waals surface area contributed by atoms with Crippen molar-refractivity contribution in [2.24, 2.45) is 5.10 Å². The number of hydrazone groups is 1. The zero-order valence-corrected chi connectivity index (χ0v) is 16.2. The number of ether oxygens (including phenoxy) is 2. The Morgan fingerprint density at radius 3 is 2.70 bits per heavy atom. The third-order valence-electron chi connectivity index (χ3n) is 3.91. The molecule has 5 heteroatoms. The molecule has 2 aromatic carbocycles. The van der Waals surface area contributed by atoms with E-state index < -0.39 is 0 Å². The first-order valence-electron chi connectivity index (χ1n) is 8.86. The topological polar surface area (TPSA) is 59.9 Å². The Morgan fingerprint density at radius 2 is 1.96 bits per heavy atom. The largest absolute Gasteiger partial charge is 0.496 e. The number of benzene rings is 2. The molecule has 0 aliphatic carbocycles. The molecule has 0 fully saturated rings. The molecule has 0 spiro atoms. The molecule has 142 valence electrons. The first-order chi connectivity index (χ1) is 13.0. The number of rotatable bonds is 8. The number of amides is 1. The second-order valence-electron chi connectivity index (χ2n) is 6.40. The number of allylic oxidation sites excluding steroid dienone is 1. The van der Waals surface area contributed by atoms with Crippen LogP contribution in [0.5, 0.6) is 11.5 Å². The van der Waals surface area contributed by atoms with Gasteiger partial charge in [-0.15, -0.1) is 0 Å². The Labute approximate surface area is 160 Å². The normalized spacial score (nSPS) is 11.3. The zero-order chi connectivity index (χ0) is 19.6. The standard InChI is InChI=1S/C22H26N2O3/c1-16(2)19-12-11-17(3)14-21(19)27-15-22(25)24-23-13-7-9-18-8-5-6-10-20(18)26-4/h5-14,16H,15H2,1-4H3,(H,24,25)/b9-7+,23-13+. The molecule has 2 rings (SSSR count). The van der Waals surface area contributed by atoms with Crippen LogP contribution in [-0.4, -0.2) is 25.8 Å².